The molecule has 1 atom stereocenters. The Balaban J connectivity index is 0.00000288. The minimum atomic E-state index is 0. The van der Waals surface area contributed by atoms with E-state index in [4.69, 9.17) is 15.2 Å². The summed E-state index contributed by atoms with van der Waals surface area (Å²) in [5.74, 6) is 1.78. The average molecular weight is 448 g/mol. The fourth-order valence-corrected chi connectivity index (χ4v) is 2.71. The molecular weight excluding hydrogens is 419 g/mol. The molecule has 0 amide bonds. The number of nitrogens with two attached hydrogens (primary N) is 1. The first-order chi connectivity index (χ1) is 11.1. The van der Waals surface area contributed by atoms with Crippen LogP contribution in [0.5, 0.6) is 5.75 Å². The summed E-state index contributed by atoms with van der Waals surface area (Å²) in [5, 5.41) is 3.12. The summed E-state index contributed by atoms with van der Waals surface area (Å²) >= 11 is 0. The molecule has 1 fully saturated rings. The number of hydrogen-bond donors (Lipinski definition) is 2. The van der Waals surface area contributed by atoms with Gasteiger partial charge in [-0.15, -0.1) is 24.0 Å². The summed E-state index contributed by atoms with van der Waals surface area (Å²) in [6.07, 6.45) is 0. The standard InChI is InChI=1S/C17H28N4O2.HI/c1-13(2)16(21-8-10-23-11-9-21)12-19-17(18)20-14-4-6-15(22-3)7-5-14;/h4-7,13,16H,8-12H2,1-3H3,(H3,18,19,20);1H. The largest absolute Gasteiger partial charge is 0.497 e. The summed E-state index contributed by atoms with van der Waals surface area (Å²) in [6, 6.07) is 8.00. The molecule has 0 spiro atoms. The molecule has 7 heteroatoms. The SMILES string of the molecule is COc1ccc(NC(N)=NCC(C(C)C)N2CCOCC2)cc1.I. The van der Waals surface area contributed by atoms with Gasteiger partial charge in [-0.2, -0.15) is 0 Å². The van der Waals surface area contributed by atoms with Gasteiger partial charge in [0.1, 0.15) is 5.75 Å². The molecule has 3 N–H and O–H groups in total. The highest BCUT2D eigenvalue weighted by Crippen LogP contribution is 2.15. The molecule has 0 aromatic heterocycles. The van der Waals surface area contributed by atoms with Crippen LogP contribution in [0.25, 0.3) is 0 Å². The van der Waals surface area contributed by atoms with E-state index in [1.54, 1.807) is 7.11 Å². The van der Waals surface area contributed by atoms with Crippen molar-refractivity contribution in [2.45, 2.75) is 19.9 Å². The van der Waals surface area contributed by atoms with E-state index in [2.05, 4.69) is 29.1 Å². The van der Waals surface area contributed by atoms with Gasteiger partial charge in [0.05, 0.1) is 26.9 Å². The van der Waals surface area contributed by atoms with Gasteiger partial charge in [-0.1, -0.05) is 13.8 Å². The molecule has 1 aromatic rings. The van der Waals surface area contributed by atoms with Gasteiger partial charge in [0.25, 0.3) is 0 Å². The van der Waals surface area contributed by atoms with E-state index in [0.29, 0.717) is 24.5 Å². The van der Waals surface area contributed by atoms with Crippen molar-refractivity contribution in [2.24, 2.45) is 16.6 Å². The number of rotatable bonds is 6. The van der Waals surface area contributed by atoms with Crippen molar-refractivity contribution in [1.29, 1.82) is 0 Å². The number of nitrogens with one attached hydrogen (secondary N) is 1. The van der Waals surface area contributed by atoms with E-state index < -0.39 is 0 Å². The van der Waals surface area contributed by atoms with Crippen LogP contribution in [0.15, 0.2) is 29.3 Å². The maximum absolute atomic E-state index is 6.02. The first-order valence-corrected chi connectivity index (χ1v) is 8.13. The van der Waals surface area contributed by atoms with E-state index in [0.717, 1.165) is 37.7 Å². The first-order valence-electron chi connectivity index (χ1n) is 8.13. The van der Waals surface area contributed by atoms with Crippen LogP contribution in [0.2, 0.25) is 0 Å². The molecule has 0 bridgehead atoms. The number of nitrogens with zero attached hydrogens (tertiary/aromatic N) is 2. The van der Waals surface area contributed by atoms with Gasteiger partial charge < -0.3 is 20.5 Å². The van der Waals surface area contributed by atoms with Crippen LogP contribution in [0.3, 0.4) is 0 Å². The highest BCUT2D eigenvalue weighted by Gasteiger charge is 2.23. The number of morpholine rings is 1. The lowest BCUT2D eigenvalue weighted by molar-refractivity contribution is 0.00870. The van der Waals surface area contributed by atoms with Gasteiger partial charge in [0, 0.05) is 24.8 Å². The third-order valence-electron chi connectivity index (χ3n) is 4.10. The van der Waals surface area contributed by atoms with Crippen molar-refractivity contribution in [3.8, 4) is 5.75 Å². The van der Waals surface area contributed by atoms with Gasteiger partial charge in [-0.3, -0.25) is 9.89 Å². The molecular formula is C17H29IN4O2. The highest BCUT2D eigenvalue weighted by molar-refractivity contribution is 14.0. The monoisotopic (exact) mass is 448 g/mol. The van der Waals surface area contributed by atoms with E-state index in [9.17, 15) is 0 Å². The number of halogens is 1. The Kier molecular flexibility index (Phi) is 9.38. The Hall–Kier alpha value is -1.06. The quantitative estimate of drug-likeness (QED) is 0.397. The van der Waals surface area contributed by atoms with E-state index in [1.165, 1.54) is 0 Å². The topological polar surface area (TPSA) is 72.1 Å². The molecule has 1 aromatic carbocycles. The van der Waals surface area contributed by atoms with Crippen LogP contribution >= 0.6 is 24.0 Å². The lowest BCUT2D eigenvalue weighted by atomic mass is 10.0. The lowest BCUT2D eigenvalue weighted by Gasteiger charge is -2.36. The normalized spacial score (nSPS) is 17.2. The Morgan fingerprint density at radius 1 is 1.29 bits per heavy atom. The molecule has 0 saturated carbocycles. The van der Waals surface area contributed by atoms with Gasteiger partial charge in [0.2, 0.25) is 0 Å². The third kappa shape index (κ3) is 6.45. The van der Waals surface area contributed by atoms with E-state index in [-0.39, 0.29) is 24.0 Å². The number of guanidine groups is 1. The second kappa shape index (κ2) is 10.7. The van der Waals surface area contributed by atoms with Crippen molar-refractivity contribution in [2.75, 3.05) is 45.3 Å². The Morgan fingerprint density at radius 2 is 1.92 bits per heavy atom. The molecule has 1 saturated heterocycles. The zero-order valence-electron chi connectivity index (χ0n) is 14.7. The molecule has 1 unspecified atom stereocenters. The molecule has 0 radical (unpaired) electrons. The third-order valence-corrected chi connectivity index (χ3v) is 4.10. The Bertz CT molecular complexity index is 502. The fraction of sp³-hybridized carbons (Fsp3) is 0.588. The molecule has 1 aliphatic rings. The smallest absolute Gasteiger partial charge is 0.193 e. The van der Waals surface area contributed by atoms with Crippen LogP contribution in [0.1, 0.15) is 13.8 Å². The summed E-state index contributed by atoms with van der Waals surface area (Å²) in [5.41, 5.74) is 6.92. The molecule has 6 nitrogen and oxygen atoms in total. The number of hydrogen-bond acceptors (Lipinski definition) is 4. The molecule has 1 heterocycles. The first kappa shape index (κ1) is 21.0. The second-order valence-corrected chi connectivity index (χ2v) is 6.04. The van der Waals surface area contributed by atoms with Gasteiger partial charge in [0.15, 0.2) is 5.96 Å². The number of methoxy groups -OCH3 is 1. The Labute approximate surface area is 161 Å². The lowest BCUT2D eigenvalue weighted by Crippen LogP contribution is -2.47. The molecule has 136 valence electrons. The van der Waals surface area contributed by atoms with Crippen molar-refractivity contribution in [3.05, 3.63) is 24.3 Å². The van der Waals surface area contributed by atoms with Crippen LogP contribution in [-0.4, -0.2) is 56.9 Å². The minimum absolute atomic E-state index is 0. The predicted molar refractivity (Wildman–Crippen MR) is 110 cm³/mol. The summed E-state index contributed by atoms with van der Waals surface area (Å²) in [6.45, 7) is 8.66. The zero-order valence-corrected chi connectivity index (χ0v) is 17.0. The van der Waals surface area contributed by atoms with Gasteiger partial charge in [-0.25, -0.2) is 0 Å². The number of aliphatic imine (C=N–C) groups is 1. The minimum Gasteiger partial charge on any atom is -0.497 e. The maximum Gasteiger partial charge on any atom is 0.193 e. The van der Waals surface area contributed by atoms with Crippen molar-refractivity contribution in [1.82, 2.24) is 4.90 Å². The van der Waals surface area contributed by atoms with Crippen molar-refractivity contribution >= 4 is 35.6 Å². The van der Waals surface area contributed by atoms with Crippen LogP contribution < -0.4 is 15.8 Å². The summed E-state index contributed by atoms with van der Waals surface area (Å²) in [7, 11) is 1.65. The van der Waals surface area contributed by atoms with Crippen LogP contribution in [0.4, 0.5) is 5.69 Å². The van der Waals surface area contributed by atoms with Gasteiger partial charge >= 0.3 is 0 Å². The van der Waals surface area contributed by atoms with E-state index >= 15 is 0 Å². The van der Waals surface area contributed by atoms with Crippen molar-refractivity contribution in [3.63, 3.8) is 0 Å². The predicted octanol–water partition coefficient (Wildman–Crippen LogP) is 2.40. The average Bonchev–Trinajstić information content (AvgIpc) is 2.56. The molecule has 2 rings (SSSR count). The zero-order chi connectivity index (χ0) is 16.7. The van der Waals surface area contributed by atoms with Crippen LogP contribution in [-0.2, 0) is 4.74 Å². The second-order valence-electron chi connectivity index (χ2n) is 6.04. The summed E-state index contributed by atoms with van der Waals surface area (Å²) < 4.78 is 10.6. The maximum atomic E-state index is 6.02. The fourth-order valence-electron chi connectivity index (χ4n) is 2.71. The molecule has 1 aliphatic heterocycles. The number of ether oxygens (including phenoxy) is 2. The van der Waals surface area contributed by atoms with Crippen molar-refractivity contribution < 1.29 is 9.47 Å². The number of anilines is 1. The van der Waals surface area contributed by atoms with E-state index in [1.807, 2.05) is 24.3 Å². The van der Waals surface area contributed by atoms with Gasteiger partial charge in [-0.05, 0) is 30.2 Å². The molecule has 24 heavy (non-hydrogen) atoms. The summed E-state index contributed by atoms with van der Waals surface area (Å²) in [4.78, 5) is 6.97. The highest BCUT2D eigenvalue weighted by atomic mass is 127. The van der Waals surface area contributed by atoms with Crippen LogP contribution in [0, 0.1) is 5.92 Å². The Morgan fingerprint density at radius 3 is 2.46 bits per heavy atom. The molecule has 0 aliphatic carbocycles. The number of benzene rings is 1.